The van der Waals surface area contributed by atoms with Crippen LogP contribution < -0.4 is 9.47 Å². The number of aliphatic hydroxyl groups excluding tert-OH is 2. The van der Waals surface area contributed by atoms with E-state index in [9.17, 15) is 15.3 Å². The maximum Gasteiger partial charge on any atom is 0.309 e. The molecule has 34 heavy (non-hydrogen) atoms. The fourth-order valence-corrected chi connectivity index (χ4v) is 3.49. The Hall–Kier alpha value is -1.54. The molecule has 0 spiro atoms. The van der Waals surface area contributed by atoms with Crippen molar-refractivity contribution < 1.29 is 43.7 Å². The van der Waals surface area contributed by atoms with Crippen molar-refractivity contribution in [1.82, 2.24) is 9.80 Å². The van der Waals surface area contributed by atoms with Crippen molar-refractivity contribution in [2.24, 2.45) is 0 Å². The number of rotatable bonds is 7. The van der Waals surface area contributed by atoms with Gasteiger partial charge in [0.1, 0.15) is 13.2 Å². The normalized spacial score (nSPS) is 18.9. The molecular weight excluding hydrogens is 448 g/mol. The van der Waals surface area contributed by atoms with Gasteiger partial charge in [0.2, 0.25) is 0 Å². The van der Waals surface area contributed by atoms with Crippen LogP contribution in [0.5, 0.6) is 11.5 Å². The first-order chi connectivity index (χ1) is 16.6. The lowest BCUT2D eigenvalue weighted by molar-refractivity contribution is -0.352. The van der Waals surface area contributed by atoms with Gasteiger partial charge in [0.25, 0.3) is 0 Å². The van der Waals surface area contributed by atoms with Gasteiger partial charge >= 0.3 is 5.97 Å². The first kappa shape index (κ1) is 28.7. The molecule has 1 aromatic carbocycles. The molecular formula is C23H40N2O9. The smallest absolute Gasteiger partial charge is 0.309 e. The molecule has 0 saturated carbocycles. The topological polar surface area (TPSA) is 123 Å². The average molecular weight is 489 g/mol. The molecule has 11 nitrogen and oxygen atoms in total. The van der Waals surface area contributed by atoms with Crippen molar-refractivity contribution in [2.45, 2.75) is 5.97 Å². The lowest BCUT2D eigenvalue weighted by Gasteiger charge is -2.26. The summed E-state index contributed by atoms with van der Waals surface area (Å²) in [4.78, 5) is 4.10. The van der Waals surface area contributed by atoms with Gasteiger partial charge in [-0.3, -0.25) is 9.80 Å². The molecule has 0 aliphatic carbocycles. The van der Waals surface area contributed by atoms with E-state index in [0.29, 0.717) is 96.0 Å². The Morgan fingerprint density at radius 2 is 1.26 bits per heavy atom. The van der Waals surface area contributed by atoms with Crippen LogP contribution in [0.3, 0.4) is 0 Å². The van der Waals surface area contributed by atoms with Crippen LogP contribution in [0.1, 0.15) is 5.56 Å². The fourth-order valence-electron chi connectivity index (χ4n) is 3.49. The SMILES string of the molecule is COC(O)(OC)c1ccc2c(c1)OCCN(CCO)CCOCCOCCN(CCO)CCO2. The van der Waals surface area contributed by atoms with Crippen LogP contribution in [0, 0.1) is 0 Å². The zero-order valence-corrected chi connectivity index (χ0v) is 20.3. The Bertz CT molecular complexity index is 676. The third kappa shape index (κ3) is 9.61. The van der Waals surface area contributed by atoms with E-state index in [1.165, 1.54) is 14.2 Å². The van der Waals surface area contributed by atoms with E-state index < -0.39 is 5.97 Å². The summed E-state index contributed by atoms with van der Waals surface area (Å²) >= 11 is 0. The maximum atomic E-state index is 10.6. The van der Waals surface area contributed by atoms with Crippen molar-refractivity contribution in [1.29, 1.82) is 0 Å². The largest absolute Gasteiger partial charge is 0.488 e. The van der Waals surface area contributed by atoms with Crippen molar-refractivity contribution >= 4 is 0 Å². The highest BCUT2D eigenvalue weighted by molar-refractivity contribution is 5.44. The average Bonchev–Trinajstić information content (AvgIpc) is 2.85. The zero-order chi connectivity index (χ0) is 24.7. The van der Waals surface area contributed by atoms with Crippen LogP contribution in [-0.4, -0.2) is 131 Å². The second-order valence-electron chi connectivity index (χ2n) is 7.70. The van der Waals surface area contributed by atoms with E-state index in [1.807, 2.05) is 4.90 Å². The van der Waals surface area contributed by atoms with Crippen molar-refractivity contribution in [2.75, 3.05) is 106 Å². The number of ether oxygens (including phenoxy) is 6. The van der Waals surface area contributed by atoms with Crippen LogP contribution in [-0.2, 0) is 24.9 Å². The summed E-state index contributed by atoms with van der Waals surface area (Å²) in [7, 11) is 2.69. The standard InChI is InChI=1S/C23H40N2O9/c1-29-23(28,30-2)20-3-4-21-22(19-20)34-16-10-25(6-12-27)8-14-32-18-17-31-13-7-24(5-11-26)9-15-33-21/h3-4,19,26-28H,5-18H2,1-2H3. The third-order valence-electron chi connectivity index (χ3n) is 5.50. The monoisotopic (exact) mass is 488 g/mol. The predicted molar refractivity (Wildman–Crippen MR) is 124 cm³/mol. The van der Waals surface area contributed by atoms with Gasteiger partial charge < -0.3 is 43.7 Å². The molecule has 1 aliphatic heterocycles. The number of nitrogens with zero attached hydrogens (tertiary/aromatic N) is 2. The van der Waals surface area contributed by atoms with Gasteiger partial charge in [-0.1, -0.05) is 0 Å². The summed E-state index contributed by atoms with van der Waals surface area (Å²) in [6.07, 6.45) is 0. The molecule has 196 valence electrons. The lowest BCUT2D eigenvalue weighted by atomic mass is 10.1. The summed E-state index contributed by atoms with van der Waals surface area (Å²) in [5, 5.41) is 29.3. The number of hydrogen-bond donors (Lipinski definition) is 3. The molecule has 0 fully saturated rings. The Balaban J connectivity index is 2.18. The minimum Gasteiger partial charge on any atom is -0.488 e. The molecule has 0 unspecified atom stereocenters. The summed E-state index contributed by atoms with van der Waals surface area (Å²) in [5.41, 5.74) is 0.363. The molecule has 1 heterocycles. The van der Waals surface area contributed by atoms with Crippen molar-refractivity contribution in [3.05, 3.63) is 23.8 Å². The third-order valence-corrected chi connectivity index (χ3v) is 5.50. The first-order valence-electron chi connectivity index (χ1n) is 11.6. The van der Waals surface area contributed by atoms with Gasteiger partial charge in [-0.25, -0.2) is 0 Å². The van der Waals surface area contributed by atoms with Gasteiger partial charge in [0.15, 0.2) is 11.5 Å². The zero-order valence-electron chi connectivity index (χ0n) is 20.3. The number of aliphatic hydroxyl groups is 3. The molecule has 3 N–H and O–H groups in total. The first-order valence-corrected chi connectivity index (χ1v) is 11.6. The molecule has 1 aromatic rings. The summed E-state index contributed by atoms with van der Waals surface area (Å²) < 4.78 is 33.5. The van der Waals surface area contributed by atoms with E-state index in [2.05, 4.69) is 4.90 Å². The van der Waals surface area contributed by atoms with E-state index in [-0.39, 0.29) is 13.2 Å². The van der Waals surface area contributed by atoms with Gasteiger partial charge in [0.05, 0.1) is 39.6 Å². The van der Waals surface area contributed by atoms with E-state index in [0.717, 1.165) is 0 Å². The van der Waals surface area contributed by atoms with Crippen molar-refractivity contribution in [3.63, 3.8) is 0 Å². The molecule has 2 rings (SSSR count). The molecule has 1 aliphatic rings. The Morgan fingerprint density at radius 1 is 0.765 bits per heavy atom. The number of hydrogen-bond acceptors (Lipinski definition) is 11. The second-order valence-corrected chi connectivity index (χ2v) is 7.70. The molecule has 0 radical (unpaired) electrons. The van der Waals surface area contributed by atoms with E-state index >= 15 is 0 Å². The fraction of sp³-hybridized carbons (Fsp3) is 0.739. The molecule has 0 bridgehead atoms. The Morgan fingerprint density at radius 3 is 1.76 bits per heavy atom. The van der Waals surface area contributed by atoms with Crippen LogP contribution in [0.25, 0.3) is 0 Å². The number of methoxy groups -OCH3 is 2. The number of fused-ring (bicyclic) bond motifs is 1. The summed E-state index contributed by atoms with van der Waals surface area (Å²) in [6.45, 7) is 6.27. The molecule has 0 atom stereocenters. The van der Waals surface area contributed by atoms with Crippen molar-refractivity contribution in [3.8, 4) is 11.5 Å². The molecule has 0 amide bonds. The van der Waals surface area contributed by atoms with Crippen LogP contribution in [0.15, 0.2) is 18.2 Å². The molecule has 0 aromatic heterocycles. The second kappa shape index (κ2) is 16.2. The maximum absolute atomic E-state index is 10.6. The highest BCUT2D eigenvalue weighted by Crippen LogP contribution is 2.33. The summed E-state index contributed by atoms with van der Waals surface area (Å²) in [5.74, 6) is -0.970. The van der Waals surface area contributed by atoms with Gasteiger partial charge in [-0.15, -0.1) is 0 Å². The van der Waals surface area contributed by atoms with Crippen LogP contribution in [0.4, 0.5) is 0 Å². The quantitative estimate of drug-likeness (QED) is 0.430. The minimum absolute atomic E-state index is 0.0337. The van der Waals surface area contributed by atoms with E-state index in [1.54, 1.807) is 18.2 Å². The minimum atomic E-state index is -1.91. The van der Waals surface area contributed by atoms with E-state index in [4.69, 9.17) is 28.4 Å². The number of β-amino-alcohol motifs (C(OH)–C–C–N with tert-alkyl or cyclic N) is 2. The predicted octanol–water partition coefficient (Wildman–Crippen LogP) is -0.525. The highest BCUT2D eigenvalue weighted by atomic mass is 16.8. The van der Waals surface area contributed by atoms with Gasteiger partial charge in [-0.2, -0.15) is 0 Å². The lowest BCUT2D eigenvalue weighted by Crippen LogP contribution is -2.35. The Labute approximate surface area is 201 Å². The number of benzene rings is 1. The van der Waals surface area contributed by atoms with Gasteiger partial charge in [-0.05, 0) is 18.2 Å². The van der Waals surface area contributed by atoms with Crippen LogP contribution in [0.2, 0.25) is 0 Å². The molecule has 0 saturated heterocycles. The van der Waals surface area contributed by atoms with Gasteiger partial charge in [0, 0.05) is 59.1 Å². The summed E-state index contributed by atoms with van der Waals surface area (Å²) in [6, 6.07) is 4.97. The molecule has 11 heteroatoms. The van der Waals surface area contributed by atoms with Crippen LogP contribution >= 0.6 is 0 Å². The Kier molecular flexibility index (Phi) is 13.7. The highest BCUT2D eigenvalue weighted by Gasteiger charge is 2.30.